The molecule has 1 atom stereocenters. The van der Waals surface area contributed by atoms with E-state index in [4.69, 9.17) is 16.0 Å². The molecule has 7 nitrogen and oxygen atoms in total. The molecule has 0 saturated carbocycles. The largest absolute Gasteiger partial charge is 0.449 e. The molecule has 0 radical (unpaired) electrons. The van der Waals surface area contributed by atoms with Crippen molar-refractivity contribution in [3.8, 4) is 0 Å². The number of halogens is 1. The molecular formula is C24H30ClN3O4S2. The van der Waals surface area contributed by atoms with E-state index in [9.17, 15) is 13.2 Å². The minimum atomic E-state index is -3.96. The van der Waals surface area contributed by atoms with Gasteiger partial charge in [-0.05, 0) is 71.1 Å². The Morgan fingerprint density at radius 3 is 2.50 bits per heavy atom. The molecule has 0 spiro atoms. The smallest absolute Gasteiger partial charge is 0.260 e. The standard InChI is InChI=1S/C24H30ClN3O4S2/c1-8-33-23-14(3)20(29)17-12-13(2)11-16(21(17)32-23)15(4)26-18-9-10-19(25)27-22(18)34(30,31)28-24(5,6)7/h9-12,15,26,28H,8H2,1-7H3/t15-/m1/s1. The zero-order valence-electron chi connectivity index (χ0n) is 20.4. The summed E-state index contributed by atoms with van der Waals surface area (Å²) < 4.78 is 35.0. The monoisotopic (exact) mass is 523 g/mol. The van der Waals surface area contributed by atoms with Crippen molar-refractivity contribution >= 4 is 50.0 Å². The van der Waals surface area contributed by atoms with Gasteiger partial charge in [0.25, 0.3) is 10.0 Å². The van der Waals surface area contributed by atoms with Crippen molar-refractivity contribution in [3.05, 3.63) is 56.3 Å². The second kappa shape index (κ2) is 9.89. The third-order valence-corrected chi connectivity index (χ3v) is 7.84. The Balaban J connectivity index is 2.13. The molecule has 3 rings (SSSR count). The topological polar surface area (TPSA) is 101 Å². The third-order valence-electron chi connectivity index (χ3n) is 4.98. The number of benzene rings is 1. The van der Waals surface area contributed by atoms with Gasteiger partial charge in [-0.25, -0.2) is 18.1 Å². The van der Waals surface area contributed by atoms with Crippen molar-refractivity contribution in [1.29, 1.82) is 0 Å². The Hall–Kier alpha value is -2.07. The second-order valence-electron chi connectivity index (χ2n) is 9.22. The van der Waals surface area contributed by atoms with Crippen molar-refractivity contribution < 1.29 is 12.8 Å². The molecule has 3 aromatic rings. The van der Waals surface area contributed by atoms with Crippen LogP contribution in [-0.4, -0.2) is 24.7 Å². The molecule has 0 aliphatic rings. The van der Waals surface area contributed by atoms with Crippen LogP contribution in [0.4, 0.5) is 5.69 Å². The molecule has 0 aliphatic carbocycles. The van der Waals surface area contributed by atoms with Gasteiger partial charge in [-0.2, -0.15) is 0 Å². The molecule has 184 valence electrons. The average Bonchev–Trinajstić information content (AvgIpc) is 2.71. The zero-order valence-corrected chi connectivity index (χ0v) is 22.8. The molecule has 2 aromatic heterocycles. The summed E-state index contributed by atoms with van der Waals surface area (Å²) in [6.07, 6.45) is 0. The van der Waals surface area contributed by atoms with Crippen molar-refractivity contribution in [2.24, 2.45) is 0 Å². The lowest BCUT2D eigenvalue weighted by molar-refractivity contribution is 0.488. The first-order valence-corrected chi connectivity index (χ1v) is 13.8. The van der Waals surface area contributed by atoms with Gasteiger partial charge >= 0.3 is 0 Å². The number of thioether (sulfide) groups is 1. The SMILES string of the molecule is CCSc1oc2c([C@@H](C)Nc3ccc(Cl)nc3S(=O)(=O)NC(C)(C)C)cc(C)cc2c(=O)c1C. The van der Waals surface area contributed by atoms with Crippen molar-refractivity contribution in [3.63, 3.8) is 0 Å². The Labute approximate surface area is 209 Å². The van der Waals surface area contributed by atoms with Crippen LogP contribution in [0.1, 0.15) is 57.4 Å². The lowest BCUT2D eigenvalue weighted by Gasteiger charge is -2.23. The molecule has 0 saturated heterocycles. The number of nitrogens with one attached hydrogen (secondary N) is 2. The fourth-order valence-corrected chi connectivity index (χ4v) is 6.08. The van der Waals surface area contributed by atoms with Gasteiger partial charge in [0.2, 0.25) is 0 Å². The van der Waals surface area contributed by atoms with Crippen LogP contribution in [0, 0.1) is 13.8 Å². The van der Waals surface area contributed by atoms with Crippen LogP contribution in [0.5, 0.6) is 0 Å². The molecule has 2 N–H and O–H groups in total. The first-order chi connectivity index (χ1) is 15.7. The van der Waals surface area contributed by atoms with Crippen LogP contribution in [0.3, 0.4) is 0 Å². The predicted molar refractivity (Wildman–Crippen MR) is 140 cm³/mol. The van der Waals surface area contributed by atoms with E-state index in [0.29, 0.717) is 27.3 Å². The molecule has 10 heteroatoms. The molecule has 34 heavy (non-hydrogen) atoms. The normalized spacial score (nSPS) is 13.3. The maximum atomic E-state index is 13.1. The van der Waals surface area contributed by atoms with Crippen LogP contribution < -0.4 is 15.5 Å². The minimum Gasteiger partial charge on any atom is -0.449 e. The number of aromatic nitrogens is 1. The van der Waals surface area contributed by atoms with Crippen molar-refractivity contribution in [2.45, 2.75) is 70.2 Å². The first-order valence-electron chi connectivity index (χ1n) is 10.9. The summed E-state index contributed by atoms with van der Waals surface area (Å²) in [6.45, 7) is 12.8. The Bertz CT molecular complexity index is 1400. The van der Waals surface area contributed by atoms with E-state index in [1.807, 2.05) is 32.9 Å². The number of anilines is 1. The minimum absolute atomic E-state index is 0.0659. The Morgan fingerprint density at radius 1 is 1.21 bits per heavy atom. The van der Waals surface area contributed by atoms with Gasteiger partial charge in [0.1, 0.15) is 10.7 Å². The molecule has 1 aromatic carbocycles. The van der Waals surface area contributed by atoms with E-state index in [-0.39, 0.29) is 15.6 Å². The first kappa shape index (κ1) is 26.5. The quantitative estimate of drug-likeness (QED) is 0.297. The Morgan fingerprint density at radius 2 is 1.88 bits per heavy atom. The summed E-state index contributed by atoms with van der Waals surface area (Å²) in [6, 6.07) is 6.46. The highest BCUT2D eigenvalue weighted by atomic mass is 35.5. The number of aryl methyl sites for hydroxylation is 1. The van der Waals surface area contributed by atoms with E-state index in [2.05, 4.69) is 15.0 Å². The summed E-state index contributed by atoms with van der Waals surface area (Å²) in [4.78, 5) is 17.2. The summed E-state index contributed by atoms with van der Waals surface area (Å²) in [5.74, 6) is 0.767. The molecule has 2 heterocycles. The summed E-state index contributed by atoms with van der Waals surface area (Å²) >= 11 is 7.52. The molecular weight excluding hydrogens is 494 g/mol. The molecule has 0 aliphatic heterocycles. The molecule has 0 fully saturated rings. The van der Waals surface area contributed by atoms with Gasteiger partial charge in [-0.3, -0.25) is 4.79 Å². The van der Waals surface area contributed by atoms with Gasteiger partial charge in [-0.15, -0.1) is 0 Å². The van der Waals surface area contributed by atoms with Crippen molar-refractivity contribution in [1.82, 2.24) is 9.71 Å². The van der Waals surface area contributed by atoms with Crippen molar-refractivity contribution in [2.75, 3.05) is 11.1 Å². The highest BCUT2D eigenvalue weighted by molar-refractivity contribution is 7.99. The van der Waals surface area contributed by atoms with Crippen LogP contribution in [0.15, 0.2) is 43.6 Å². The summed E-state index contributed by atoms with van der Waals surface area (Å²) in [7, 11) is -3.96. The highest BCUT2D eigenvalue weighted by Gasteiger charge is 2.28. The predicted octanol–water partition coefficient (Wildman–Crippen LogP) is 5.82. The van der Waals surface area contributed by atoms with Crippen LogP contribution in [0.2, 0.25) is 5.15 Å². The maximum absolute atomic E-state index is 13.1. The second-order valence-corrected chi connectivity index (χ2v) is 12.4. The number of pyridine rings is 1. The number of sulfonamides is 1. The van der Waals surface area contributed by atoms with Gasteiger partial charge in [0.15, 0.2) is 15.5 Å². The molecule has 0 amide bonds. The maximum Gasteiger partial charge on any atom is 0.260 e. The number of rotatable bonds is 7. The summed E-state index contributed by atoms with van der Waals surface area (Å²) in [5.41, 5.74) is 2.23. The van der Waals surface area contributed by atoms with E-state index in [1.165, 1.54) is 17.8 Å². The average molecular weight is 524 g/mol. The Kier molecular flexibility index (Phi) is 7.72. The number of hydrogen-bond acceptors (Lipinski definition) is 7. The van der Waals surface area contributed by atoms with E-state index < -0.39 is 21.6 Å². The van der Waals surface area contributed by atoms with Gasteiger partial charge in [0.05, 0.1) is 17.1 Å². The number of nitrogens with zero attached hydrogens (tertiary/aromatic N) is 1. The fourth-order valence-electron chi connectivity index (χ4n) is 3.63. The van der Waals surface area contributed by atoms with Crippen LogP contribution >= 0.6 is 23.4 Å². The van der Waals surface area contributed by atoms with Gasteiger partial charge in [-0.1, -0.05) is 36.4 Å². The number of hydrogen-bond donors (Lipinski definition) is 2. The lowest BCUT2D eigenvalue weighted by atomic mass is 10.0. The summed E-state index contributed by atoms with van der Waals surface area (Å²) in [5, 5.41) is 4.20. The van der Waals surface area contributed by atoms with E-state index in [0.717, 1.165) is 16.9 Å². The van der Waals surface area contributed by atoms with E-state index >= 15 is 0 Å². The van der Waals surface area contributed by atoms with Crippen LogP contribution in [-0.2, 0) is 10.0 Å². The molecule has 0 unspecified atom stereocenters. The fraction of sp³-hybridized carbons (Fsp3) is 0.417. The van der Waals surface area contributed by atoms with Gasteiger partial charge < -0.3 is 9.73 Å². The lowest BCUT2D eigenvalue weighted by Crippen LogP contribution is -2.41. The highest BCUT2D eigenvalue weighted by Crippen LogP contribution is 2.33. The number of fused-ring (bicyclic) bond motifs is 1. The zero-order chi connectivity index (χ0) is 25.4. The van der Waals surface area contributed by atoms with Crippen LogP contribution in [0.25, 0.3) is 11.0 Å². The van der Waals surface area contributed by atoms with Gasteiger partial charge in [0, 0.05) is 16.7 Å². The third kappa shape index (κ3) is 5.76. The molecule has 0 bridgehead atoms. The van der Waals surface area contributed by atoms with E-state index in [1.54, 1.807) is 33.8 Å².